The Bertz CT molecular complexity index is 808. The van der Waals surface area contributed by atoms with Crippen LogP contribution in [0, 0.1) is 4.77 Å². The first-order valence-corrected chi connectivity index (χ1v) is 9.16. The first kappa shape index (κ1) is 16.1. The van der Waals surface area contributed by atoms with Crippen LogP contribution in [-0.2, 0) is 10.8 Å². The lowest BCUT2D eigenvalue weighted by molar-refractivity contribution is 0.0737. The van der Waals surface area contributed by atoms with Crippen molar-refractivity contribution in [3.05, 3.63) is 47.0 Å². The molecule has 2 heterocycles. The largest absolute Gasteiger partial charge is 0.336 e. The molecule has 1 aliphatic heterocycles. The Morgan fingerprint density at radius 1 is 1.30 bits per heavy atom. The monoisotopic (exact) mass is 349 g/mol. The summed E-state index contributed by atoms with van der Waals surface area (Å²) in [6, 6.07) is 9.56. The van der Waals surface area contributed by atoms with Crippen LogP contribution in [0.4, 0.5) is 0 Å². The van der Waals surface area contributed by atoms with Gasteiger partial charge in [0.1, 0.15) is 5.69 Å². The maximum Gasteiger partial charge on any atom is 0.272 e. The van der Waals surface area contributed by atoms with Crippen LogP contribution in [0.5, 0.6) is 0 Å². The smallest absolute Gasteiger partial charge is 0.272 e. The maximum atomic E-state index is 12.9. The van der Waals surface area contributed by atoms with Crippen molar-refractivity contribution >= 4 is 28.9 Å². The van der Waals surface area contributed by atoms with Crippen molar-refractivity contribution in [1.29, 1.82) is 0 Å². The van der Waals surface area contributed by atoms with E-state index in [9.17, 15) is 9.00 Å². The number of aromatic nitrogens is 2. The highest BCUT2D eigenvalue weighted by Crippen LogP contribution is 2.22. The maximum absolute atomic E-state index is 12.9. The average molecular weight is 349 g/mol. The van der Waals surface area contributed by atoms with E-state index in [1.807, 2.05) is 44.2 Å². The summed E-state index contributed by atoms with van der Waals surface area (Å²) in [7, 11) is -0.909. The molecule has 23 heavy (non-hydrogen) atoms. The zero-order valence-electron chi connectivity index (χ0n) is 13.1. The predicted molar refractivity (Wildman–Crippen MR) is 93.9 cm³/mol. The normalized spacial score (nSPS) is 20.4. The van der Waals surface area contributed by atoms with E-state index in [0.717, 1.165) is 5.69 Å². The Balaban J connectivity index is 1.96. The van der Waals surface area contributed by atoms with Crippen LogP contribution in [-0.4, -0.2) is 48.2 Å². The molecule has 0 saturated carbocycles. The number of hydrogen-bond donors (Lipinski definition) is 1. The molecule has 0 aliphatic carbocycles. The molecular weight excluding hydrogens is 330 g/mol. The highest BCUT2D eigenvalue weighted by atomic mass is 32.2. The molecule has 122 valence electrons. The van der Waals surface area contributed by atoms with Crippen molar-refractivity contribution in [2.45, 2.75) is 18.6 Å². The number of nitrogens with zero attached hydrogens (tertiary/aromatic N) is 2. The fourth-order valence-corrected chi connectivity index (χ4v) is 4.28. The first-order valence-electron chi connectivity index (χ1n) is 7.44. The van der Waals surface area contributed by atoms with Crippen molar-refractivity contribution in [1.82, 2.24) is 14.5 Å². The van der Waals surface area contributed by atoms with E-state index in [1.54, 1.807) is 15.7 Å². The second-order valence-electron chi connectivity index (χ2n) is 6.19. The van der Waals surface area contributed by atoms with Gasteiger partial charge in [-0.05, 0) is 38.2 Å². The Morgan fingerprint density at radius 3 is 2.65 bits per heavy atom. The minimum atomic E-state index is -0.909. The molecule has 1 saturated heterocycles. The molecule has 0 radical (unpaired) electrons. The molecule has 1 N–H and O–H groups in total. The second kappa shape index (κ2) is 6.05. The van der Waals surface area contributed by atoms with Crippen molar-refractivity contribution in [3.8, 4) is 5.69 Å². The number of imidazole rings is 1. The summed E-state index contributed by atoms with van der Waals surface area (Å²) in [4.78, 5) is 17.7. The van der Waals surface area contributed by atoms with E-state index in [2.05, 4.69) is 4.98 Å². The fraction of sp³-hybridized carbons (Fsp3) is 0.375. The number of amides is 1. The first-order chi connectivity index (χ1) is 10.9. The number of H-pyrrole nitrogens is 1. The number of aromatic amines is 1. The molecule has 2 aromatic rings. The molecule has 1 amide bonds. The van der Waals surface area contributed by atoms with Crippen LogP contribution < -0.4 is 0 Å². The van der Waals surface area contributed by atoms with Gasteiger partial charge in [-0.3, -0.25) is 13.6 Å². The van der Waals surface area contributed by atoms with Gasteiger partial charge in [-0.1, -0.05) is 18.2 Å². The van der Waals surface area contributed by atoms with Gasteiger partial charge in [-0.15, -0.1) is 0 Å². The van der Waals surface area contributed by atoms with Gasteiger partial charge >= 0.3 is 0 Å². The van der Waals surface area contributed by atoms with Crippen LogP contribution in [0.15, 0.2) is 36.5 Å². The van der Waals surface area contributed by atoms with E-state index in [1.165, 1.54) is 0 Å². The minimum absolute atomic E-state index is 0.0917. The second-order valence-corrected chi connectivity index (χ2v) is 8.78. The molecule has 1 atom stereocenters. The lowest BCUT2D eigenvalue weighted by Gasteiger charge is -2.37. The molecule has 1 unspecified atom stereocenters. The number of nitrogens with one attached hydrogen (secondary N) is 1. The van der Waals surface area contributed by atoms with Crippen LogP contribution in [0.1, 0.15) is 24.3 Å². The number of para-hydroxylation sites is 1. The zero-order chi connectivity index (χ0) is 16.6. The van der Waals surface area contributed by atoms with Crippen molar-refractivity contribution in [2.24, 2.45) is 0 Å². The predicted octanol–water partition coefficient (Wildman–Crippen LogP) is 2.52. The lowest BCUT2D eigenvalue weighted by Crippen LogP contribution is -2.52. The van der Waals surface area contributed by atoms with Crippen molar-refractivity contribution in [3.63, 3.8) is 0 Å². The Morgan fingerprint density at radius 2 is 2.00 bits per heavy atom. The van der Waals surface area contributed by atoms with Gasteiger partial charge in [0, 0.05) is 41.5 Å². The lowest BCUT2D eigenvalue weighted by atomic mass is 10.1. The number of carbonyl (C=O) groups excluding carboxylic acids is 1. The summed E-state index contributed by atoms with van der Waals surface area (Å²) >= 11 is 5.33. The number of hydrogen-bond acceptors (Lipinski definition) is 3. The van der Waals surface area contributed by atoms with Gasteiger partial charge in [-0.2, -0.15) is 0 Å². The number of rotatable bonds is 2. The molecule has 0 bridgehead atoms. The van der Waals surface area contributed by atoms with E-state index < -0.39 is 15.5 Å². The average Bonchev–Trinajstić information content (AvgIpc) is 2.91. The van der Waals surface area contributed by atoms with Crippen LogP contribution >= 0.6 is 12.2 Å². The fourth-order valence-electron chi connectivity index (χ4n) is 2.77. The van der Waals surface area contributed by atoms with E-state index in [0.29, 0.717) is 29.3 Å². The minimum Gasteiger partial charge on any atom is -0.336 e. The van der Waals surface area contributed by atoms with Crippen molar-refractivity contribution in [2.75, 3.05) is 18.8 Å². The number of benzene rings is 1. The standard InChI is InChI=1S/C16H19N3O2S2/c1-16(2)11-18(8-9-23(16)21)14(20)13-10-17-15(22)19(13)12-6-4-3-5-7-12/h3-7,10H,8-9,11H2,1-2H3,(H,17,22). The van der Waals surface area contributed by atoms with Gasteiger partial charge in [0.2, 0.25) is 0 Å². The van der Waals surface area contributed by atoms with Gasteiger partial charge < -0.3 is 9.88 Å². The Hall–Kier alpha value is -1.73. The third kappa shape index (κ3) is 3.03. The summed E-state index contributed by atoms with van der Waals surface area (Å²) in [6.07, 6.45) is 1.65. The van der Waals surface area contributed by atoms with Crippen LogP contribution in [0.3, 0.4) is 0 Å². The summed E-state index contributed by atoms with van der Waals surface area (Å²) in [6.45, 7) is 4.85. The number of carbonyl (C=O) groups is 1. The molecule has 3 rings (SSSR count). The SMILES string of the molecule is CC1(C)CN(C(=O)c2c[nH]c(=S)n2-c2ccccc2)CCS1=O. The van der Waals surface area contributed by atoms with Crippen LogP contribution in [0.2, 0.25) is 0 Å². The quantitative estimate of drug-likeness (QED) is 0.848. The molecule has 1 aromatic heterocycles. The van der Waals surface area contributed by atoms with E-state index >= 15 is 0 Å². The summed E-state index contributed by atoms with van der Waals surface area (Å²) < 4.78 is 13.9. The topological polar surface area (TPSA) is 58.1 Å². The summed E-state index contributed by atoms with van der Waals surface area (Å²) in [5.74, 6) is 0.417. The Kier molecular flexibility index (Phi) is 4.25. The molecule has 5 nitrogen and oxygen atoms in total. The van der Waals surface area contributed by atoms with Crippen LogP contribution in [0.25, 0.3) is 5.69 Å². The van der Waals surface area contributed by atoms with Gasteiger partial charge in [-0.25, -0.2) is 0 Å². The molecule has 1 fully saturated rings. The van der Waals surface area contributed by atoms with Gasteiger partial charge in [0.15, 0.2) is 4.77 Å². The Labute approximate surface area is 142 Å². The van der Waals surface area contributed by atoms with E-state index in [-0.39, 0.29) is 5.91 Å². The molecule has 0 spiro atoms. The molecular formula is C16H19N3O2S2. The van der Waals surface area contributed by atoms with Gasteiger partial charge in [0.25, 0.3) is 5.91 Å². The van der Waals surface area contributed by atoms with Gasteiger partial charge in [0.05, 0.1) is 4.75 Å². The third-order valence-corrected chi connectivity index (χ3v) is 6.25. The summed E-state index contributed by atoms with van der Waals surface area (Å²) in [5, 5.41) is 0. The highest BCUT2D eigenvalue weighted by molar-refractivity contribution is 7.86. The summed E-state index contributed by atoms with van der Waals surface area (Å²) in [5.41, 5.74) is 1.35. The zero-order valence-corrected chi connectivity index (χ0v) is 14.7. The molecule has 1 aromatic carbocycles. The highest BCUT2D eigenvalue weighted by Gasteiger charge is 2.36. The van der Waals surface area contributed by atoms with Crippen molar-refractivity contribution < 1.29 is 9.00 Å². The van der Waals surface area contributed by atoms with E-state index in [4.69, 9.17) is 12.2 Å². The molecule has 7 heteroatoms. The third-order valence-electron chi connectivity index (χ3n) is 4.03. The molecule has 1 aliphatic rings.